The smallest absolute Gasteiger partial charge is 0.348 e. The normalized spacial score (nSPS) is 12.0. The number of esters is 1. The minimum Gasteiger partial charge on any atom is -0.459 e. The van der Waals surface area contributed by atoms with Gasteiger partial charge in [0.05, 0.1) is 18.3 Å². The van der Waals surface area contributed by atoms with Crippen LogP contribution < -0.4 is 10.9 Å². The van der Waals surface area contributed by atoms with Crippen molar-refractivity contribution in [3.63, 3.8) is 0 Å². The lowest BCUT2D eigenvalue weighted by atomic mass is 10.1. The standard InChI is InChI=1S/C23H27N3O5S/c1-6-17(20(27)25-16-10-13(2)9-14(3)11-16)26-12-24-21-18(22(26)28)15(4)19(32-21)23(29)31-8-7-30-5/h9-12,17H,6-8H2,1-5H3,(H,25,27). The Hall–Kier alpha value is -3.04. The van der Waals surface area contributed by atoms with Crippen molar-refractivity contribution in [3.05, 3.63) is 56.4 Å². The fourth-order valence-corrected chi connectivity index (χ4v) is 4.65. The van der Waals surface area contributed by atoms with Gasteiger partial charge in [-0.3, -0.25) is 14.2 Å². The van der Waals surface area contributed by atoms with Crippen LogP contribution in [0, 0.1) is 20.8 Å². The number of aryl methyl sites for hydroxylation is 3. The van der Waals surface area contributed by atoms with Gasteiger partial charge in [0.1, 0.15) is 22.4 Å². The van der Waals surface area contributed by atoms with E-state index in [-0.39, 0.29) is 24.7 Å². The molecule has 1 aromatic carbocycles. The number of carbonyl (C=O) groups is 2. The summed E-state index contributed by atoms with van der Waals surface area (Å²) in [5.74, 6) is -0.819. The Balaban J connectivity index is 1.93. The molecule has 0 spiro atoms. The van der Waals surface area contributed by atoms with E-state index in [1.165, 1.54) is 18.0 Å². The van der Waals surface area contributed by atoms with Gasteiger partial charge >= 0.3 is 5.97 Å². The molecule has 1 atom stereocenters. The predicted octanol–water partition coefficient (Wildman–Crippen LogP) is 3.78. The number of anilines is 1. The van der Waals surface area contributed by atoms with Crippen molar-refractivity contribution in [2.24, 2.45) is 0 Å². The van der Waals surface area contributed by atoms with Crippen molar-refractivity contribution in [3.8, 4) is 0 Å². The zero-order chi connectivity index (χ0) is 23.4. The van der Waals surface area contributed by atoms with Gasteiger partial charge in [0.2, 0.25) is 5.91 Å². The third kappa shape index (κ3) is 4.89. The Morgan fingerprint density at radius 2 is 1.84 bits per heavy atom. The summed E-state index contributed by atoms with van der Waals surface area (Å²) >= 11 is 1.11. The highest BCUT2D eigenvalue weighted by molar-refractivity contribution is 7.20. The molecule has 32 heavy (non-hydrogen) atoms. The first-order valence-corrected chi connectivity index (χ1v) is 11.1. The van der Waals surface area contributed by atoms with Crippen LogP contribution in [0.25, 0.3) is 10.2 Å². The molecule has 3 aromatic rings. The van der Waals surface area contributed by atoms with Gasteiger partial charge in [-0.2, -0.15) is 0 Å². The number of nitrogens with one attached hydrogen (secondary N) is 1. The Morgan fingerprint density at radius 1 is 1.16 bits per heavy atom. The molecule has 0 fully saturated rings. The van der Waals surface area contributed by atoms with Crippen LogP contribution in [-0.4, -0.2) is 41.8 Å². The number of aromatic nitrogens is 2. The van der Waals surface area contributed by atoms with Gasteiger partial charge in [-0.25, -0.2) is 9.78 Å². The average Bonchev–Trinajstić information content (AvgIpc) is 3.07. The Kier molecular flexibility index (Phi) is 7.42. The monoisotopic (exact) mass is 457 g/mol. The van der Waals surface area contributed by atoms with Crippen molar-refractivity contribution in [1.29, 1.82) is 0 Å². The molecule has 0 saturated heterocycles. The van der Waals surface area contributed by atoms with Crippen molar-refractivity contribution in [2.45, 2.75) is 40.2 Å². The molecule has 0 bridgehead atoms. The lowest BCUT2D eigenvalue weighted by Gasteiger charge is -2.18. The summed E-state index contributed by atoms with van der Waals surface area (Å²) in [6.45, 7) is 7.85. The van der Waals surface area contributed by atoms with Gasteiger partial charge < -0.3 is 14.8 Å². The van der Waals surface area contributed by atoms with Crippen molar-refractivity contribution in [1.82, 2.24) is 9.55 Å². The molecule has 0 aliphatic rings. The number of benzene rings is 1. The first-order valence-electron chi connectivity index (χ1n) is 10.3. The number of nitrogens with zero attached hydrogens (tertiary/aromatic N) is 2. The quantitative estimate of drug-likeness (QED) is 0.408. The zero-order valence-corrected chi connectivity index (χ0v) is 19.7. The maximum Gasteiger partial charge on any atom is 0.348 e. The lowest BCUT2D eigenvalue weighted by molar-refractivity contribution is -0.119. The van der Waals surface area contributed by atoms with E-state index in [4.69, 9.17) is 9.47 Å². The molecule has 3 rings (SSSR count). The molecular weight excluding hydrogens is 430 g/mol. The molecule has 1 unspecified atom stereocenters. The number of carbonyl (C=O) groups excluding carboxylic acids is 2. The molecule has 0 aliphatic carbocycles. The van der Waals surface area contributed by atoms with Gasteiger partial charge in [-0.05, 0) is 56.0 Å². The summed E-state index contributed by atoms with van der Waals surface area (Å²) < 4.78 is 11.4. The minimum absolute atomic E-state index is 0.122. The molecular formula is C23H27N3O5S. The summed E-state index contributed by atoms with van der Waals surface area (Å²) in [4.78, 5) is 43.8. The Labute approximate surface area is 190 Å². The number of methoxy groups -OCH3 is 1. The summed E-state index contributed by atoms with van der Waals surface area (Å²) in [6, 6.07) is 5.04. The molecule has 0 aliphatic heterocycles. The molecule has 1 amide bonds. The number of hydrogen-bond acceptors (Lipinski definition) is 7. The lowest BCUT2D eigenvalue weighted by Crippen LogP contribution is -2.33. The van der Waals surface area contributed by atoms with Crippen LogP contribution in [0.3, 0.4) is 0 Å². The van der Waals surface area contributed by atoms with Gasteiger partial charge in [0.25, 0.3) is 5.56 Å². The topological polar surface area (TPSA) is 99.5 Å². The summed E-state index contributed by atoms with van der Waals surface area (Å²) in [7, 11) is 1.52. The molecule has 8 nitrogen and oxygen atoms in total. The predicted molar refractivity (Wildman–Crippen MR) is 125 cm³/mol. The van der Waals surface area contributed by atoms with E-state index in [1.807, 2.05) is 39.0 Å². The largest absolute Gasteiger partial charge is 0.459 e. The SMILES string of the molecule is CCC(C(=O)Nc1cc(C)cc(C)c1)n1cnc2sc(C(=O)OCCOC)c(C)c2c1=O. The third-order valence-corrected chi connectivity index (χ3v) is 6.28. The summed E-state index contributed by atoms with van der Waals surface area (Å²) in [5.41, 5.74) is 2.90. The van der Waals surface area contributed by atoms with E-state index in [0.29, 0.717) is 32.8 Å². The summed E-state index contributed by atoms with van der Waals surface area (Å²) in [5, 5.41) is 3.23. The number of ether oxygens (including phenoxy) is 2. The average molecular weight is 458 g/mol. The van der Waals surface area contributed by atoms with Crippen LogP contribution in [-0.2, 0) is 14.3 Å². The molecule has 2 aromatic heterocycles. The van der Waals surface area contributed by atoms with Crippen LogP contribution in [0.2, 0.25) is 0 Å². The molecule has 0 saturated carbocycles. The van der Waals surface area contributed by atoms with E-state index in [9.17, 15) is 14.4 Å². The molecule has 9 heteroatoms. The van der Waals surface area contributed by atoms with Crippen molar-refractivity contribution >= 4 is 39.1 Å². The maximum absolute atomic E-state index is 13.3. The number of fused-ring (bicyclic) bond motifs is 1. The van der Waals surface area contributed by atoms with Gasteiger partial charge in [0, 0.05) is 12.8 Å². The number of hydrogen-bond donors (Lipinski definition) is 1. The van der Waals surface area contributed by atoms with E-state index in [2.05, 4.69) is 10.3 Å². The fourth-order valence-electron chi connectivity index (χ4n) is 3.62. The zero-order valence-electron chi connectivity index (χ0n) is 18.9. The highest BCUT2D eigenvalue weighted by Crippen LogP contribution is 2.28. The molecule has 1 N–H and O–H groups in total. The Morgan fingerprint density at radius 3 is 2.47 bits per heavy atom. The first kappa shape index (κ1) is 23.6. The van der Waals surface area contributed by atoms with Crippen molar-refractivity contribution < 1.29 is 19.1 Å². The van der Waals surface area contributed by atoms with E-state index < -0.39 is 12.0 Å². The second-order valence-electron chi connectivity index (χ2n) is 7.61. The van der Waals surface area contributed by atoms with Gasteiger partial charge in [-0.15, -0.1) is 11.3 Å². The highest BCUT2D eigenvalue weighted by Gasteiger charge is 2.25. The molecule has 170 valence electrons. The van der Waals surface area contributed by atoms with Crippen LogP contribution in [0.15, 0.2) is 29.3 Å². The van der Waals surface area contributed by atoms with E-state index in [0.717, 1.165) is 22.5 Å². The minimum atomic E-state index is -0.739. The van der Waals surface area contributed by atoms with Crippen LogP contribution in [0.1, 0.15) is 45.7 Å². The fraction of sp³-hybridized carbons (Fsp3) is 0.391. The second-order valence-corrected chi connectivity index (χ2v) is 8.61. The third-order valence-electron chi connectivity index (χ3n) is 5.10. The molecule has 0 radical (unpaired) electrons. The van der Waals surface area contributed by atoms with Gasteiger partial charge in [-0.1, -0.05) is 13.0 Å². The van der Waals surface area contributed by atoms with Crippen LogP contribution >= 0.6 is 11.3 Å². The molecule has 2 heterocycles. The number of amides is 1. The number of thiophene rings is 1. The first-order chi connectivity index (χ1) is 15.3. The maximum atomic E-state index is 13.3. The number of rotatable bonds is 8. The van der Waals surface area contributed by atoms with Gasteiger partial charge in [0.15, 0.2) is 0 Å². The van der Waals surface area contributed by atoms with Crippen LogP contribution in [0.5, 0.6) is 0 Å². The van der Waals surface area contributed by atoms with Crippen LogP contribution in [0.4, 0.5) is 5.69 Å². The highest BCUT2D eigenvalue weighted by atomic mass is 32.1. The van der Waals surface area contributed by atoms with E-state index in [1.54, 1.807) is 6.92 Å². The van der Waals surface area contributed by atoms with Crippen molar-refractivity contribution in [2.75, 3.05) is 25.6 Å². The van der Waals surface area contributed by atoms with E-state index >= 15 is 0 Å². The Bertz CT molecular complexity index is 1190. The second kappa shape index (κ2) is 10.1. The summed E-state index contributed by atoms with van der Waals surface area (Å²) in [6.07, 6.45) is 1.77.